The summed E-state index contributed by atoms with van der Waals surface area (Å²) >= 11 is 7.25. The second-order valence-electron chi connectivity index (χ2n) is 7.37. The van der Waals surface area contributed by atoms with Gasteiger partial charge in [-0.2, -0.15) is 9.40 Å². The van der Waals surface area contributed by atoms with E-state index in [0.717, 1.165) is 18.5 Å². The predicted molar refractivity (Wildman–Crippen MR) is 124 cm³/mol. The Kier molecular flexibility index (Phi) is 5.46. The summed E-state index contributed by atoms with van der Waals surface area (Å²) in [5, 5.41) is 7.94. The summed E-state index contributed by atoms with van der Waals surface area (Å²) in [6, 6.07) is 12.0. The van der Waals surface area contributed by atoms with E-state index in [1.54, 1.807) is 47.3 Å². The number of carbonyl (C=O) groups excluding carboxylic acids is 1. The second kappa shape index (κ2) is 8.28. The van der Waals surface area contributed by atoms with Crippen molar-refractivity contribution in [3.8, 4) is 5.69 Å². The molecule has 2 aromatic carbocycles. The van der Waals surface area contributed by atoms with Crippen LogP contribution in [0.2, 0.25) is 5.02 Å². The molecule has 5 rings (SSSR count). The SMILES string of the molecule is O=C(Nc1nc2ccc(S(=O)(=O)N3CCCC3)cc2s1)c1cnn(-c2cccc(Cl)c2)c1. The van der Waals surface area contributed by atoms with Gasteiger partial charge >= 0.3 is 0 Å². The van der Waals surface area contributed by atoms with Crippen LogP contribution >= 0.6 is 22.9 Å². The number of fused-ring (bicyclic) bond motifs is 1. The maximum absolute atomic E-state index is 12.8. The van der Waals surface area contributed by atoms with E-state index < -0.39 is 10.0 Å². The van der Waals surface area contributed by atoms with Gasteiger partial charge < -0.3 is 0 Å². The molecule has 8 nitrogen and oxygen atoms in total. The minimum absolute atomic E-state index is 0.247. The van der Waals surface area contributed by atoms with Gasteiger partial charge in [-0.25, -0.2) is 18.1 Å². The molecule has 0 saturated carbocycles. The maximum Gasteiger partial charge on any atom is 0.260 e. The molecule has 1 aliphatic heterocycles. The molecule has 0 radical (unpaired) electrons. The van der Waals surface area contributed by atoms with Crippen molar-refractivity contribution in [2.45, 2.75) is 17.7 Å². The Labute approximate surface area is 193 Å². The number of hydrogen-bond donors (Lipinski definition) is 1. The number of thiazole rings is 1. The lowest BCUT2D eigenvalue weighted by Crippen LogP contribution is -2.27. The Balaban J connectivity index is 1.36. The summed E-state index contributed by atoms with van der Waals surface area (Å²) < 4.78 is 29.4. The molecule has 2 aromatic heterocycles. The number of hydrogen-bond acceptors (Lipinski definition) is 6. The largest absolute Gasteiger partial charge is 0.298 e. The van der Waals surface area contributed by atoms with E-state index in [-0.39, 0.29) is 10.8 Å². The molecule has 0 atom stereocenters. The van der Waals surface area contributed by atoms with Gasteiger partial charge in [0.1, 0.15) is 0 Å². The van der Waals surface area contributed by atoms with Gasteiger partial charge in [0.05, 0.1) is 32.6 Å². The third kappa shape index (κ3) is 4.02. The number of anilines is 1. The highest BCUT2D eigenvalue weighted by atomic mass is 35.5. The highest BCUT2D eigenvalue weighted by Gasteiger charge is 2.27. The molecule has 1 amide bonds. The number of rotatable bonds is 5. The zero-order chi connectivity index (χ0) is 22.3. The Morgan fingerprint density at radius 3 is 2.72 bits per heavy atom. The average Bonchev–Trinajstić information content (AvgIpc) is 3.53. The van der Waals surface area contributed by atoms with Crippen molar-refractivity contribution < 1.29 is 13.2 Å². The van der Waals surface area contributed by atoms with Gasteiger partial charge in [0.25, 0.3) is 5.91 Å². The van der Waals surface area contributed by atoms with Crippen molar-refractivity contribution in [2.75, 3.05) is 18.4 Å². The van der Waals surface area contributed by atoms with E-state index in [1.807, 2.05) is 6.07 Å². The molecule has 1 fully saturated rings. The van der Waals surface area contributed by atoms with E-state index in [2.05, 4.69) is 15.4 Å². The fraction of sp³-hybridized carbons (Fsp3) is 0.190. The van der Waals surface area contributed by atoms with E-state index in [0.29, 0.717) is 39.0 Å². The highest BCUT2D eigenvalue weighted by molar-refractivity contribution is 7.89. The number of halogens is 1. The first-order chi connectivity index (χ1) is 15.4. The number of carbonyl (C=O) groups is 1. The van der Waals surface area contributed by atoms with Crippen LogP contribution in [0.25, 0.3) is 15.9 Å². The number of sulfonamides is 1. The maximum atomic E-state index is 12.8. The number of amides is 1. The van der Waals surface area contributed by atoms with Crippen LogP contribution in [0.1, 0.15) is 23.2 Å². The zero-order valence-electron chi connectivity index (χ0n) is 16.7. The lowest BCUT2D eigenvalue weighted by atomic mass is 10.3. The predicted octanol–water partition coefficient (Wildman–Crippen LogP) is 4.17. The Hall–Kier alpha value is -2.79. The second-order valence-corrected chi connectivity index (χ2v) is 10.8. The third-order valence-corrected chi connectivity index (χ3v) is 8.26. The molecule has 0 unspecified atom stereocenters. The molecule has 1 N–H and O–H groups in total. The molecule has 4 aromatic rings. The van der Waals surface area contributed by atoms with Crippen molar-refractivity contribution in [2.24, 2.45) is 0 Å². The molecule has 11 heteroatoms. The first-order valence-corrected chi connectivity index (χ1v) is 12.6. The summed E-state index contributed by atoms with van der Waals surface area (Å²) in [5.41, 5.74) is 1.73. The molecule has 1 saturated heterocycles. The van der Waals surface area contributed by atoms with Gasteiger partial charge in [-0.1, -0.05) is 29.0 Å². The van der Waals surface area contributed by atoms with Crippen LogP contribution < -0.4 is 5.32 Å². The summed E-state index contributed by atoms with van der Waals surface area (Å²) in [5.74, 6) is -0.359. The summed E-state index contributed by atoms with van der Waals surface area (Å²) in [7, 11) is -3.51. The van der Waals surface area contributed by atoms with E-state index in [4.69, 9.17) is 11.6 Å². The van der Waals surface area contributed by atoms with Crippen LogP contribution in [0.15, 0.2) is 59.8 Å². The molecule has 164 valence electrons. The first kappa shape index (κ1) is 21.1. The van der Waals surface area contributed by atoms with Crippen LogP contribution in [-0.2, 0) is 10.0 Å². The number of benzene rings is 2. The minimum atomic E-state index is -3.51. The zero-order valence-corrected chi connectivity index (χ0v) is 19.1. The summed E-state index contributed by atoms with van der Waals surface area (Å²) in [6.45, 7) is 1.10. The first-order valence-electron chi connectivity index (χ1n) is 9.93. The lowest BCUT2D eigenvalue weighted by Gasteiger charge is -2.15. The standard InChI is InChI=1S/C21H18ClN5O3S2/c22-15-4-3-5-16(10-15)27-13-14(12-23-27)20(28)25-21-24-18-7-6-17(11-19(18)31-21)32(29,30)26-8-1-2-9-26/h3-7,10-13H,1-2,8-9H2,(H,24,25,28). The van der Waals surface area contributed by atoms with Gasteiger partial charge in [0, 0.05) is 24.3 Å². The fourth-order valence-electron chi connectivity index (χ4n) is 3.57. The third-order valence-electron chi connectivity index (χ3n) is 5.20. The van der Waals surface area contributed by atoms with E-state index in [9.17, 15) is 13.2 Å². The van der Waals surface area contributed by atoms with Crippen molar-refractivity contribution in [1.29, 1.82) is 0 Å². The van der Waals surface area contributed by atoms with E-state index >= 15 is 0 Å². The molecular weight excluding hydrogens is 470 g/mol. The smallest absolute Gasteiger partial charge is 0.260 e. The Morgan fingerprint density at radius 1 is 1.12 bits per heavy atom. The van der Waals surface area contributed by atoms with Crippen molar-refractivity contribution >= 4 is 54.2 Å². The van der Waals surface area contributed by atoms with E-state index in [1.165, 1.54) is 21.8 Å². The van der Waals surface area contributed by atoms with Gasteiger partial charge in [0.15, 0.2) is 5.13 Å². The van der Waals surface area contributed by atoms with Crippen LogP contribution in [0.5, 0.6) is 0 Å². The number of nitrogens with zero attached hydrogens (tertiary/aromatic N) is 4. The van der Waals surface area contributed by atoms with Gasteiger partial charge in [0.2, 0.25) is 10.0 Å². The molecule has 0 spiro atoms. The molecule has 32 heavy (non-hydrogen) atoms. The van der Waals surface area contributed by atoms with Gasteiger partial charge in [-0.3, -0.25) is 10.1 Å². The van der Waals surface area contributed by atoms with Crippen LogP contribution in [0.3, 0.4) is 0 Å². The van der Waals surface area contributed by atoms with Crippen LogP contribution in [0.4, 0.5) is 5.13 Å². The highest BCUT2D eigenvalue weighted by Crippen LogP contribution is 2.30. The van der Waals surface area contributed by atoms with Crippen molar-refractivity contribution in [1.82, 2.24) is 19.1 Å². The number of nitrogens with one attached hydrogen (secondary N) is 1. The Morgan fingerprint density at radius 2 is 1.94 bits per heavy atom. The monoisotopic (exact) mass is 487 g/mol. The fourth-order valence-corrected chi connectivity index (χ4v) is 6.27. The topological polar surface area (TPSA) is 97.2 Å². The molecule has 1 aliphatic rings. The normalized spacial score (nSPS) is 14.8. The molecule has 3 heterocycles. The quantitative estimate of drug-likeness (QED) is 0.455. The van der Waals surface area contributed by atoms with Crippen molar-refractivity contribution in [3.63, 3.8) is 0 Å². The number of aromatic nitrogens is 3. The molecular formula is C21H18ClN5O3S2. The summed E-state index contributed by atoms with van der Waals surface area (Å²) in [4.78, 5) is 17.3. The van der Waals surface area contributed by atoms with Crippen LogP contribution in [0, 0.1) is 0 Å². The summed E-state index contributed by atoms with van der Waals surface area (Å²) in [6.07, 6.45) is 4.83. The molecule has 0 aliphatic carbocycles. The van der Waals surface area contributed by atoms with Gasteiger partial charge in [-0.05, 0) is 49.2 Å². The van der Waals surface area contributed by atoms with Gasteiger partial charge in [-0.15, -0.1) is 0 Å². The average molecular weight is 488 g/mol. The lowest BCUT2D eigenvalue weighted by molar-refractivity contribution is 0.102. The van der Waals surface area contributed by atoms with Crippen molar-refractivity contribution in [3.05, 3.63) is 65.4 Å². The molecule has 0 bridgehead atoms. The minimum Gasteiger partial charge on any atom is -0.298 e. The Bertz CT molecular complexity index is 1420. The van der Waals surface area contributed by atoms with Crippen LogP contribution in [-0.4, -0.2) is 46.5 Å².